The summed E-state index contributed by atoms with van der Waals surface area (Å²) in [6.07, 6.45) is 4.74. The molecule has 0 unspecified atom stereocenters. The van der Waals surface area contributed by atoms with Crippen LogP contribution in [-0.2, 0) is 0 Å². The van der Waals surface area contributed by atoms with E-state index in [1.54, 1.807) is 11.8 Å². The molecule has 0 bridgehead atoms. The van der Waals surface area contributed by atoms with Gasteiger partial charge in [-0.1, -0.05) is 36.4 Å². The fourth-order valence-electron chi connectivity index (χ4n) is 2.89. The lowest BCUT2D eigenvalue weighted by molar-refractivity contribution is 0.0767. The van der Waals surface area contributed by atoms with E-state index in [4.69, 9.17) is 0 Å². The molecule has 1 aromatic carbocycles. The van der Waals surface area contributed by atoms with Crippen molar-refractivity contribution in [2.24, 2.45) is 0 Å². The molecule has 3 rings (SSSR count). The minimum absolute atomic E-state index is 0.0797. The molecule has 0 fully saturated rings. The largest absolute Gasteiger partial charge is 0.346 e. The molecule has 1 aromatic heterocycles. The Hall–Kier alpha value is -2.34. The number of rotatable bonds is 3. The molecule has 1 N–H and O–H groups in total. The number of hydrogen-bond donors (Lipinski definition) is 1. The number of benzene rings is 1. The summed E-state index contributed by atoms with van der Waals surface area (Å²) in [7, 11) is 0. The van der Waals surface area contributed by atoms with Crippen molar-refractivity contribution in [3.8, 4) is 0 Å². The Bertz CT molecular complexity index is 843. The molecule has 1 amide bonds. The van der Waals surface area contributed by atoms with Crippen LogP contribution in [-0.4, -0.2) is 40.1 Å². The van der Waals surface area contributed by atoms with Crippen molar-refractivity contribution in [3.63, 3.8) is 0 Å². The van der Waals surface area contributed by atoms with Crippen LogP contribution in [0.15, 0.2) is 46.2 Å². The van der Waals surface area contributed by atoms with E-state index in [1.165, 1.54) is 22.9 Å². The summed E-state index contributed by atoms with van der Waals surface area (Å²) >= 11 is 1.32. The topological polar surface area (TPSA) is 66.1 Å². The zero-order valence-electron chi connectivity index (χ0n) is 13.7. The number of hydrogen-bond acceptors (Lipinski definition) is 4. The molecule has 0 spiro atoms. The van der Waals surface area contributed by atoms with Crippen LogP contribution < -0.4 is 5.69 Å². The van der Waals surface area contributed by atoms with E-state index in [0.29, 0.717) is 29.4 Å². The molecule has 6 heteroatoms. The van der Waals surface area contributed by atoms with Gasteiger partial charge in [0, 0.05) is 18.8 Å². The van der Waals surface area contributed by atoms with Crippen molar-refractivity contribution in [1.29, 1.82) is 0 Å². The van der Waals surface area contributed by atoms with Crippen molar-refractivity contribution in [3.05, 3.63) is 63.7 Å². The first-order valence-electron chi connectivity index (χ1n) is 7.79. The van der Waals surface area contributed by atoms with Gasteiger partial charge < -0.3 is 9.88 Å². The molecule has 0 saturated carbocycles. The van der Waals surface area contributed by atoms with Crippen LogP contribution >= 0.6 is 11.8 Å². The highest BCUT2D eigenvalue weighted by Gasteiger charge is 2.24. The van der Waals surface area contributed by atoms with Gasteiger partial charge in [0.1, 0.15) is 5.03 Å². The van der Waals surface area contributed by atoms with Gasteiger partial charge >= 0.3 is 5.69 Å². The lowest BCUT2D eigenvalue weighted by atomic mass is 9.99. The molecule has 124 valence electrons. The molecule has 2 heterocycles. The smallest absolute Gasteiger partial charge is 0.334 e. The van der Waals surface area contributed by atoms with E-state index in [1.807, 2.05) is 24.5 Å². The van der Waals surface area contributed by atoms with Gasteiger partial charge in [0.2, 0.25) is 0 Å². The third-order valence-corrected chi connectivity index (χ3v) is 4.82. The Labute approximate surface area is 144 Å². The first-order valence-corrected chi connectivity index (χ1v) is 9.01. The highest BCUT2D eigenvalue weighted by Crippen LogP contribution is 2.25. The highest BCUT2D eigenvalue weighted by atomic mass is 32.2. The van der Waals surface area contributed by atoms with Crippen LogP contribution in [0.5, 0.6) is 0 Å². The average molecular weight is 341 g/mol. The monoisotopic (exact) mass is 341 g/mol. The first-order chi connectivity index (χ1) is 11.6. The summed E-state index contributed by atoms with van der Waals surface area (Å²) in [6, 6.07) is 10.2. The van der Waals surface area contributed by atoms with Gasteiger partial charge in [0.15, 0.2) is 0 Å². The average Bonchev–Trinajstić information content (AvgIpc) is 2.61. The fraction of sp³-hybridized carbons (Fsp3) is 0.278. The van der Waals surface area contributed by atoms with Crippen LogP contribution in [0.3, 0.4) is 0 Å². The Balaban J connectivity index is 1.84. The molecular weight excluding hydrogens is 322 g/mol. The molecule has 24 heavy (non-hydrogen) atoms. The minimum Gasteiger partial charge on any atom is -0.334 e. The fourth-order valence-corrected chi connectivity index (χ4v) is 3.50. The lowest BCUT2D eigenvalue weighted by Crippen LogP contribution is -2.36. The van der Waals surface area contributed by atoms with Crippen molar-refractivity contribution < 1.29 is 4.79 Å². The summed E-state index contributed by atoms with van der Waals surface area (Å²) in [5, 5.41) is 0.485. The summed E-state index contributed by atoms with van der Waals surface area (Å²) in [6.45, 7) is 2.96. The molecular formula is C18H19N3O2S. The van der Waals surface area contributed by atoms with Gasteiger partial charge in [-0.2, -0.15) is 4.98 Å². The zero-order chi connectivity index (χ0) is 17.1. The normalized spacial score (nSPS) is 14.4. The van der Waals surface area contributed by atoms with Crippen LogP contribution in [0.2, 0.25) is 0 Å². The molecule has 0 aliphatic carbocycles. The number of aromatic amines is 1. The second kappa shape index (κ2) is 7.05. The Morgan fingerprint density at radius 3 is 2.67 bits per heavy atom. The van der Waals surface area contributed by atoms with Crippen LogP contribution in [0.1, 0.15) is 28.0 Å². The number of H-pyrrole nitrogens is 1. The van der Waals surface area contributed by atoms with Crippen LogP contribution in [0.25, 0.3) is 5.57 Å². The number of carbonyl (C=O) groups is 1. The number of aryl methyl sites for hydroxylation is 1. The zero-order valence-corrected chi connectivity index (χ0v) is 14.5. The van der Waals surface area contributed by atoms with E-state index in [9.17, 15) is 9.59 Å². The summed E-state index contributed by atoms with van der Waals surface area (Å²) < 4.78 is 0. The summed E-state index contributed by atoms with van der Waals surface area (Å²) in [5.41, 5.74) is 3.12. The predicted molar refractivity (Wildman–Crippen MR) is 96.3 cm³/mol. The maximum absolute atomic E-state index is 12.9. The van der Waals surface area contributed by atoms with Crippen molar-refractivity contribution in [1.82, 2.24) is 14.9 Å². The van der Waals surface area contributed by atoms with Crippen molar-refractivity contribution in [2.75, 3.05) is 19.3 Å². The van der Waals surface area contributed by atoms with Gasteiger partial charge in [-0.05, 0) is 30.7 Å². The summed E-state index contributed by atoms with van der Waals surface area (Å²) in [5.74, 6) is -0.0797. The Morgan fingerprint density at radius 1 is 1.29 bits per heavy atom. The molecule has 5 nitrogen and oxygen atoms in total. The maximum atomic E-state index is 12.9. The van der Waals surface area contributed by atoms with E-state index >= 15 is 0 Å². The van der Waals surface area contributed by atoms with Gasteiger partial charge in [-0.3, -0.25) is 4.79 Å². The molecule has 1 aliphatic rings. The predicted octanol–water partition coefficient (Wildman–Crippen LogP) is 2.73. The van der Waals surface area contributed by atoms with E-state index in [0.717, 1.165) is 6.42 Å². The van der Waals surface area contributed by atoms with Crippen molar-refractivity contribution in [2.45, 2.75) is 18.4 Å². The SMILES string of the molecule is CSc1nc(=O)[nH]c(C)c1C(=O)N1CC=C(c2ccccc2)CC1. The molecule has 0 radical (unpaired) electrons. The highest BCUT2D eigenvalue weighted by molar-refractivity contribution is 7.98. The van der Waals surface area contributed by atoms with E-state index < -0.39 is 5.69 Å². The van der Waals surface area contributed by atoms with Crippen LogP contribution in [0.4, 0.5) is 0 Å². The third kappa shape index (κ3) is 3.28. The lowest BCUT2D eigenvalue weighted by Gasteiger charge is -2.27. The second-order valence-electron chi connectivity index (χ2n) is 5.65. The summed E-state index contributed by atoms with van der Waals surface area (Å²) in [4.78, 5) is 32.7. The Kier molecular flexibility index (Phi) is 4.85. The number of carbonyl (C=O) groups excluding carboxylic acids is 1. The van der Waals surface area contributed by atoms with Crippen LogP contribution in [0, 0.1) is 6.92 Å². The number of amides is 1. The molecule has 0 saturated heterocycles. The molecule has 0 atom stereocenters. The number of thioether (sulfide) groups is 1. The Morgan fingerprint density at radius 2 is 2.04 bits per heavy atom. The number of aromatic nitrogens is 2. The standard InChI is InChI=1S/C18H19N3O2S/c1-12-15(16(24-2)20-18(23)19-12)17(22)21-10-8-14(9-11-21)13-6-4-3-5-7-13/h3-8H,9-11H2,1-2H3,(H,19,20,23). The second-order valence-corrected chi connectivity index (χ2v) is 6.44. The maximum Gasteiger partial charge on any atom is 0.346 e. The van der Waals surface area contributed by atoms with Gasteiger partial charge in [-0.25, -0.2) is 4.79 Å². The van der Waals surface area contributed by atoms with Gasteiger partial charge in [-0.15, -0.1) is 11.8 Å². The molecule has 1 aliphatic heterocycles. The van der Waals surface area contributed by atoms with E-state index in [2.05, 4.69) is 28.2 Å². The van der Waals surface area contributed by atoms with Crippen molar-refractivity contribution >= 4 is 23.2 Å². The van der Waals surface area contributed by atoms with E-state index in [-0.39, 0.29) is 5.91 Å². The molecule has 2 aromatic rings. The van der Waals surface area contributed by atoms with Gasteiger partial charge in [0.25, 0.3) is 5.91 Å². The van der Waals surface area contributed by atoms with Gasteiger partial charge in [0.05, 0.1) is 5.56 Å². The minimum atomic E-state index is -0.418. The quantitative estimate of drug-likeness (QED) is 0.689. The first kappa shape index (κ1) is 16.5. The number of nitrogens with one attached hydrogen (secondary N) is 1. The number of nitrogens with zero attached hydrogens (tertiary/aromatic N) is 2. The third-order valence-electron chi connectivity index (χ3n) is 4.13.